The molecule has 0 spiro atoms. The number of rotatable bonds is 2. The summed E-state index contributed by atoms with van der Waals surface area (Å²) in [6, 6.07) is 1.73. The quantitative estimate of drug-likeness (QED) is 0.714. The molecule has 0 saturated heterocycles. The van der Waals surface area contributed by atoms with Gasteiger partial charge < -0.3 is 4.52 Å². The lowest BCUT2D eigenvalue weighted by Gasteiger charge is -1.93. The zero-order chi connectivity index (χ0) is 9.97. The van der Waals surface area contributed by atoms with Crippen LogP contribution in [0.4, 0.5) is 0 Å². The summed E-state index contributed by atoms with van der Waals surface area (Å²) in [6.45, 7) is 5.33. The maximum absolute atomic E-state index is 4.87. The molecule has 5 heteroatoms. The Morgan fingerprint density at radius 1 is 1.43 bits per heavy atom. The first-order valence-corrected chi connectivity index (χ1v) is 4.06. The third-order valence-corrected chi connectivity index (χ3v) is 1.62. The summed E-state index contributed by atoms with van der Waals surface area (Å²) in [6.07, 6.45) is 3.14. The van der Waals surface area contributed by atoms with Crippen LogP contribution in [0.2, 0.25) is 0 Å². The minimum absolute atomic E-state index is 0.385. The number of aromatic nitrogens is 4. The molecule has 0 unspecified atom stereocenters. The Morgan fingerprint density at radius 3 is 2.93 bits per heavy atom. The van der Waals surface area contributed by atoms with Crippen molar-refractivity contribution < 1.29 is 4.52 Å². The van der Waals surface area contributed by atoms with Crippen molar-refractivity contribution in [2.45, 2.75) is 6.92 Å². The van der Waals surface area contributed by atoms with Crippen LogP contribution < -0.4 is 0 Å². The molecule has 5 nitrogen and oxygen atoms in total. The molecule has 0 fully saturated rings. The van der Waals surface area contributed by atoms with E-state index in [1.807, 2.05) is 0 Å². The highest BCUT2D eigenvalue weighted by Crippen LogP contribution is 2.12. The van der Waals surface area contributed by atoms with Crippen LogP contribution in [-0.4, -0.2) is 20.1 Å². The van der Waals surface area contributed by atoms with Crippen LogP contribution >= 0.6 is 0 Å². The van der Waals surface area contributed by atoms with Crippen molar-refractivity contribution in [2.24, 2.45) is 0 Å². The van der Waals surface area contributed by atoms with Gasteiger partial charge in [0.1, 0.15) is 11.5 Å². The van der Waals surface area contributed by atoms with E-state index in [1.165, 1.54) is 6.08 Å². The van der Waals surface area contributed by atoms with Gasteiger partial charge in [-0.05, 0) is 19.1 Å². The van der Waals surface area contributed by atoms with Crippen LogP contribution in [0, 0.1) is 6.92 Å². The first-order valence-electron chi connectivity index (χ1n) is 4.06. The summed E-state index contributed by atoms with van der Waals surface area (Å²) < 4.78 is 4.87. The van der Waals surface area contributed by atoms with Gasteiger partial charge in [0.25, 0.3) is 0 Å². The fourth-order valence-corrected chi connectivity index (χ4v) is 1.00. The number of hydrogen-bond donors (Lipinski definition) is 0. The highest BCUT2D eigenvalue weighted by molar-refractivity contribution is 5.49. The molecule has 0 aliphatic carbocycles. The predicted molar refractivity (Wildman–Crippen MR) is 50.2 cm³/mol. The Balaban J connectivity index is 2.43. The molecular formula is C9H8N4O. The SMILES string of the molecule is C=Cc1nc(-c2ccnc(C)n2)no1. The molecule has 2 rings (SSSR count). The van der Waals surface area contributed by atoms with Crippen molar-refractivity contribution in [1.29, 1.82) is 0 Å². The third kappa shape index (κ3) is 1.52. The normalized spacial score (nSPS) is 10.1. The van der Waals surface area contributed by atoms with Crippen LogP contribution in [-0.2, 0) is 0 Å². The zero-order valence-corrected chi connectivity index (χ0v) is 7.64. The van der Waals surface area contributed by atoms with Crippen molar-refractivity contribution in [3.8, 4) is 11.5 Å². The monoisotopic (exact) mass is 188 g/mol. The van der Waals surface area contributed by atoms with E-state index in [0.717, 1.165) is 0 Å². The van der Waals surface area contributed by atoms with Crippen LogP contribution in [0.1, 0.15) is 11.7 Å². The van der Waals surface area contributed by atoms with E-state index in [9.17, 15) is 0 Å². The molecule has 0 saturated carbocycles. The Hall–Kier alpha value is -2.04. The molecule has 0 aliphatic heterocycles. The lowest BCUT2D eigenvalue weighted by Crippen LogP contribution is -1.90. The van der Waals surface area contributed by atoms with Gasteiger partial charge >= 0.3 is 0 Å². The summed E-state index contributed by atoms with van der Waals surface area (Å²) in [7, 11) is 0. The maximum atomic E-state index is 4.87. The molecule has 2 heterocycles. The Bertz CT molecular complexity index is 463. The van der Waals surface area contributed by atoms with Crippen molar-refractivity contribution in [3.05, 3.63) is 30.6 Å². The average Bonchev–Trinajstić information content (AvgIpc) is 2.66. The maximum Gasteiger partial charge on any atom is 0.250 e. The van der Waals surface area contributed by atoms with Gasteiger partial charge in [-0.3, -0.25) is 0 Å². The van der Waals surface area contributed by atoms with E-state index in [4.69, 9.17) is 4.52 Å². The number of aryl methyl sites for hydroxylation is 1. The molecule has 0 radical (unpaired) electrons. The van der Waals surface area contributed by atoms with E-state index in [1.54, 1.807) is 19.2 Å². The molecule has 0 atom stereocenters. The molecule has 0 amide bonds. The summed E-state index contributed by atoms with van der Waals surface area (Å²) >= 11 is 0. The van der Waals surface area contributed by atoms with Crippen molar-refractivity contribution >= 4 is 6.08 Å². The summed E-state index contributed by atoms with van der Waals surface area (Å²) in [4.78, 5) is 12.2. The Labute approximate surface area is 80.5 Å². The highest BCUT2D eigenvalue weighted by Gasteiger charge is 2.07. The lowest BCUT2D eigenvalue weighted by atomic mass is 10.4. The van der Waals surface area contributed by atoms with Gasteiger partial charge in [0.05, 0.1) is 0 Å². The molecule has 2 aromatic rings. The molecule has 14 heavy (non-hydrogen) atoms. The van der Waals surface area contributed by atoms with E-state index in [2.05, 4.69) is 26.7 Å². The van der Waals surface area contributed by atoms with Gasteiger partial charge in [0.15, 0.2) is 0 Å². The van der Waals surface area contributed by atoms with Gasteiger partial charge in [-0.2, -0.15) is 4.98 Å². The fraction of sp³-hybridized carbons (Fsp3) is 0.111. The standard InChI is InChI=1S/C9H8N4O/c1-3-8-12-9(13-14-8)7-4-5-10-6(2)11-7/h3-5H,1H2,2H3. The van der Waals surface area contributed by atoms with Crippen molar-refractivity contribution in [2.75, 3.05) is 0 Å². The van der Waals surface area contributed by atoms with Gasteiger partial charge in [0, 0.05) is 6.20 Å². The largest absolute Gasteiger partial charge is 0.334 e. The minimum Gasteiger partial charge on any atom is -0.334 e. The van der Waals surface area contributed by atoms with Crippen LogP contribution in [0.3, 0.4) is 0 Å². The second kappa shape index (κ2) is 3.37. The van der Waals surface area contributed by atoms with Gasteiger partial charge in [-0.1, -0.05) is 11.7 Å². The first-order chi connectivity index (χ1) is 6.79. The molecule has 0 N–H and O–H groups in total. The second-order valence-electron chi connectivity index (χ2n) is 2.65. The predicted octanol–water partition coefficient (Wildman–Crippen LogP) is 1.48. The number of nitrogens with zero attached hydrogens (tertiary/aromatic N) is 4. The molecule has 0 bridgehead atoms. The van der Waals surface area contributed by atoms with E-state index >= 15 is 0 Å². The molecule has 2 aromatic heterocycles. The van der Waals surface area contributed by atoms with E-state index < -0.39 is 0 Å². The molecule has 0 aliphatic rings. The van der Waals surface area contributed by atoms with E-state index in [0.29, 0.717) is 23.2 Å². The van der Waals surface area contributed by atoms with Crippen molar-refractivity contribution in [3.63, 3.8) is 0 Å². The Kier molecular flexibility index (Phi) is 2.06. The van der Waals surface area contributed by atoms with Crippen LogP contribution in [0.15, 0.2) is 23.4 Å². The molecular weight excluding hydrogens is 180 g/mol. The number of hydrogen-bond acceptors (Lipinski definition) is 5. The first kappa shape index (κ1) is 8.55. The van der Waals surface area contributed by atoms with Crippen LogP contribution in [0.5, 0.6) is 0 Å². The average molecular weight is 188 g/mol. The Morgan fingerprint density at radius 2 is 2.29 bits per heavy atom. The summed E-state index contributed by atoms with van der Waals surface area (Å²) in [5.74, 6) is 1.51. The summed E-state index contributed by atoms with van der Waals surface area (Å²) in [5.41, 5.74) is 0.648. The molecule has 0 aromatic carbocycles. The van der Waals surface area contributed by atoms with Crippen LogP contribution in [0.25, 0.3) is 17.6 Å². The van der Waals surface area contributed by atoms with E-state index in [-0.39, 0.29) is 0 Å². The fourth-order valence-electron chi connectivity index (χ4n) is 1.00. The second-order valence-corrected chi connectivity index (χ2v) is 2.65. The third-order valence-electron chi connectivity index (χ3n) is 1.62. The van der Waals surface area contributed by atoms with Gasteiger partial charge in [-0.15, -0.1) is 0 Å². The smallest absolute Gasteiger partial charge is 0.250 e. The minimum atomic E-state index is 0.385. The lowest BCUT2D eigenvalue weighted by molar-refractivity contribution is 0.411. The van der Waals surface area contributed by atoms with Crippen molar-refractivity contribution in [1.82, 2.24) is 20.1 Å². The molecule has 70 valence electrons. The van der Waals surface area contributed by atoms with Gasteiger partial charge in [0.2, 0.25) is 11.7 Å². The topological polar surface area (TPSA) is 64.7 Å². The summed E-state index contributed by atoms with van der Waals surface area (Å²) in [5, 5.41) is 3.75. The highest BCUT2D eigenvalue weighted by atomic mass is 16.5. The van der Waals surface area contributed by atoms with Gasteiger partial charge in [-0.25, -0.2) is 9.97 Å². The zero-order valence-electron chi connectivity index (χ0n) is 7.64.